The summed E-state index contributed by atoms with van der Waals surface area (Å²) in [5.74, 6) is 0.0980. The van der Waals surface area contributed by atoms with Gasteiger partial charge in [0.15, 0.2) is 5.60 Å². The summed E-state index contributed by atoms with van der Waals surface area (Å²) in [7, 11) is 0. The first-order valence-corrected chi connectivity index (χ1v) is 14.2. The normalized spacial score (nSPS) is 16.0. The summed E-state index contributed by atoms with van der Waals surface area (Å²) in [5.41, 5.74) is 9.55. The molecule has 42 heavy (non-hydrogen) atoms. The number of nitrogens with one attached hydrogen (secondary N) is 1. The van der Waals surface area contributed by atoms with E-state index in [0.717, 1.165) is 53.9 Å². The molecule has 7 nitrogen and oxygen atoms in total. The largest absolute Gasteiger partial charge is 0.433 e. The van der Waals surface area contributed by atoms with E-state index in [0.29, 0.717) is 38.0 Å². The van der Waals surface area contributed by atoms with Crippen LogP contribution in [0, 0.1) is 0 Å². The van der Waals surface area contributed by atoms with Gasteiger partial charge in [-0.3, -0.25) is 9.69 Å². The molecule has 0 atom stereocenters. The molecule has 0 unspecified atom stereocenters. The quantitative estimate of drug-likeness (QED) is 0.264. The lowest BCUT2D eigenvalue weighted by Gasteiger charge is -2.35. The molecule has 10 heteroatoms. The summed E-state index contributed by atoms with van der Waals surface area (Å²) in [6, 6.07) is 22.5. The van der Waals surface area contributed by atoms with Gasteiger partial charge in [-0.2, -0.15) is 13.2 Å². The van der Waals surface area contributed by atoms with Crippen molar-refractivity contribution >= 4 is 17.7 Å². The van der Waals surface area contributed by atoms with Gasteiger partial charge in [0.25, 0.3) is 0 Å². The number of nitrogens with zero attached hydrogens (tertiary/aromatic N) is 2. The van der Waals surface area contributed by atoms with Crippen LogP contribution in [0.25, 0.3) is 11.1 Å². The number of benzene rings is 3. The van der Waals surface area contributed by atoms with E-state index in [1.165, 1.54) is 0 Å². The van der Waals surface area contributed by atoms with E-state index in [4.69, 9.17) is 10.5 Å². The molecule has 3 aromatic rings. The number of hydrogen-bond donors (Lipinski definition) is 2. The van der Waals surface area contributed by atoms with E-state index in [-0.39, 0.29) is 5.91 Å². The van der Waals surface area contributed by atoms with Crippen molar-refractivity contribution < 1.29 is 27.5 Å². The van der Waals surface area contributed by atoms with Crippen molar-refractivity contribution in [3.63, 3.8) is 0 Å². The predicted molar refractivity (Wildman–Crippen MR) is 155 cm³/mol. The van der Waals surface area contributed by atoms with Crippen LogP contribution in [0.15, 0.2) is 72.8 Å². The van der Waals surface area contributed by atoms with Crippen molar-refractivity contribution in [1.29, 1.82) is 0 Å². The molecule has 222 valence electrons. The zero-order valence-electron chi connectivity index (χ0n) is 23.3. The number of anilines is 1. The zero-order valence-corrected chi connectivity index (χ0v) is 23.3. The molecule has 1 aliphatic carbocycles. The van der Waals surface area contributed by atoms with Gasteiger partial charge >= 0.3 is 12.3 Å². The highest BCUT2D eigenvalue weighted by Crippen LogP contribution is 2.52. The maximum atomic E-state index is 12.8. The monoisotopic (exact) mass is 580 g/mol. The Morgan fingerprint density at radius 1 is 0.857 bits per heavy atom. The standard InChI is InChI=1S/C32H35F3N4O3/c33-32(34,35)22-37-30(41)42-31(27-9-3-1-7-25(27)26-8-2-4-10-28(26)31)15-5-6-16-38-17-19-39(20-18-38)29(40)21-23-11-13-24(36)14-12-23/h1-4,7-14H,5-6,15-22,36H2,(H,37,41). The first kappa shape index (κ1) is 29.4. The number of ether oxygens (including phenoxy) is 1. The summed E-state index contributed by atoms with van der Waals surface area (Å²) in [6.07, 6.45) is -3.37. The summed E-state index contributed by atoms with van der Waals surface area (Å²) in [5, 5.41) is 1.88. The Kier molecular flexibility index (Phi) is 8.72. The number of hydrogen-bond acceptors (Lipinski definition) is 5. The number of unbranched alkanes of at least 4 members (excludes halogenated alkanes) is 1. The van der Waals surface area contributed by atoms with E-state index in [1.54, 1.807) is 12.1 Å². The zero-order chi connectivity index (χ0) is 29.7. The maximum Gasteiger partial charge on any atom is 0.408 e. The van der Waals surface area contributed by atoms with Gasteiger partial charge in [-0.1, -0.05) is 60.7 Å². The number of rotatable bonds is 9. The number of carbonyl (C=O) groups excluding carboxylic acids is 2. The molecule has 2 aliphatic rings. The van der Waals surface area contributed by atoms with Gasteiger partial charge in [0.2, 0.25) is 5.91 Å². The fourth-order valence-corrected chi connectivity index (χ4v) is 5.93. The second-order valence-electron chi connectivity index (χ2n) is 10.9. The van der Waals surface area contributed by atoms with Gasteiger partial charge in [0, 0.05) is 43.0 Å². The Morgan fingerprint density at radius 3 is 2.05 bits per heavy atom. The molecule has 0 bridgehead atoms. The molecule has 1 fully saturated rings. The van der Waals surface area contributed by atoms with Crippen molar-refractivity contribution in [3.8, 4) is 11.1 Å². The number of nitrogens with two attached hydrogens (primary N) is 1. The van der Waals surface area contributed by atoms with Crippen molar-refractivity contribution in [1.82, 2.24) is 15.1 Å². The van der Waals surface area contributed by atoms with Gasteiger partial charge in [-0.15, -0.1) is 0 Å². The lowest BCUT2D eigenvalue weighted by Crippen LogP contribution is -2.49. The molecule has 1 saturated heterocycles. The van der Waals surface area contributed by atoms with Gasteiger partial charge in [0.05, 0.1) is 6.42 Å². The number of piperazine rings is 1. The Labute approximate surface area is 243 Å². The van der Waals surface area contributed by atoms with E-state index in [9.17, 15) is 22.8 Å². The third kappa shape index (κ3) is 6.70. The fraction of sp³-hybridized carbons (Fsp3) is 0.375. The minimum absolute atomic E-state index is 0.0980. The molecule has 2 amide bonds. The topological polar surface area (TPSA) is 87.9 Å². The second kappa shape index (κ2) is 12.4. The number of amides is 2. The third-order valence-corrected chi connectivity index (χ3v) is 8.03. The number of alkyl carbamates (subject to hydrolysis) is 1. The average Bonchev–Trinajstić information content (AvgIpc) is 3.25. The minimum Gasteiger partial charge on any atom is -0.433 e. The molecule has 1 aliphatic heterocycles. The Balaban J connectivity index is 1.19. The van der Waals surface area contributed by atoms with Crippen LogP contribution < -0.4 is 11.1 Å². The summed E-state index contributed by atoms with van der Waals surface area (Å²) in [4.78, 5) is 29.7. The number of carbonyl (C=O) groups is 2. The van der Waals surface area contributed by atoms with Crippen molar-refractivity contribution in [3.05, 3.63) is 89.5 Å². The molecule has 0 spiro atoms. The van der Waals surface area contributed by atoms with Gasteiger partial charge < -0.3 is 20.7 Å². The smallest absolute Gasteiger partial charge is 0.408 e. The SMILES string of the molecule is Nc1ccc(CC(=O)N2CCN(CCCCC3(OC(=O)NCC(F)(F)F)c4ccccc4-c4ccccc43)CC2)cc1. The van der Waals surface area contributed by atoms with Gasteiger partial charge in [0.1, 0.15) is 6.54 Å². The molecule has 0 aromatic heterocycles. The Morgan fingerprint density at radius 2 is 1.45 bits per heavy atom. The number of nitrogen functional groups attached to an aromatic ring is 1. The molecule has 0 saturated carbocycles. The highest BCUT2D eigenvalue weighted by molar-refractivity contribution is 5.82. The van der Waals surface area contributed by atoms with E-state index >= 15 is 0 Å². The number of halogens is 3. The predicted octanol–water partition coefficient (Wildman–Crippen LogP) is 5.34. The van der Waals surface area contributed by atoms with Crippen LogP contribution in [-0.2, 0) is 21.6 Å². The van der Waals surface area contributed by atoms with Gasteiger partial charge in [-0.05, 0) is 54.6 Å². The van der Waals surface area contributed by atoms with Crippen molar-refractivity contribution in [2.75, 3.05) is 45.0 Å². The molecule has 0 radical (unpaired) electrons. The Hall–Kier alpha value is -4.05. The summed E-state index contributed by atoms with van der Waals surface area (Å²) >= 11 is 0. The minimum atomic E-state index is -4.54. The Bertz CT molecular complexity index is 1360. The fourth-order valence-electron chi connectivity index (χ4n) is 5.93. The highest BCUT2D eigenvalue weighted by Gasteiger charge is 2.46. The van der Waals surface area contributed by atoms with Crippen LogP contribution in [0.4, 0.5) is 23.7 Å². The van der Waals surface area contributed by atoms with Gasteiger partial charge in [-0.25, -0.2) is 4.79 Å². The summed E-state index contributed by atoms with van der Waals surface area (Å²) < 4.78 is 44.3. The van der Waals surface area contributed by atoms with Crippen LogP contribution in [-0.4, -0.2) is 67.2 Å². The highest BCUT2D eigenvalue weighted by atomic mass is 19.4. The molecular weight excluding hydrogens is 545 g/mol. The average molecular weight is 581 g/mol. The van der Waals surface area contributed by atoms with Crippen molar-refractivity contribution in [2.24, 2.45) is 0 Å². The molecule has 3 N–H and O–H groups in total. The third-order valence-electron chi connectivity index (χ3n) is 8.03. The van der Waals surface area contributed by atoms with Crippen molar-refractivity contribution in [2.45, 2.75) is 37.5 Å². The van der Waals surface area contributed by atoms with E-state index in [1.807, 2.05) is 70.9 Å². The molecule has 5 rings (SSSR count). The van der Waals surface area contributed by atoms with Crippen LogP contribution >= 0.6 is 0 Å². The van der Waals surface area contributed by atoms with Crippen LogP contribution in [0.2, 0.25) is 0 Å². The van der Waals surface area contributed by atoms with Crippen LogP contribution in [0.1, 0.15) is 36.0 Å². The van der Waals surface area contributed by atoms with Crippen LogP contribution in [0.3, 0.4) is 0 Å². The maximum absolute atomic E-state index is 12.8. The lowest BCUT2D eigenvalue weighted by atomic mass is 9.86. The first-order chi connectivity index (χ1) is 20.1. The number of fused-ring (bicyclic) bond motifs is 3. The first-order valence-electron chi connectivity index (χ1n) is 14.2. The molecule has 1 heterocycles. The molecule has 3 aromatic carbocycles. The lowest BCUT2D eigenvalue weighted by molar-refractivity contribution is -0.132. The molecular formula is C32H35F3N4O3. The van der Waals surface area contributed by atoms with E-state index < -0.39 is 24.4 Å². The number of alkyl halides is 3. The second-order valence-corrected chi connectivity index (χ2v) is 10.9. The van der Waals surface area contributed by atoms with E-state index in [2.05, 4.69) is 4.90 Å². The van der Waals surface area contributed by atoms with Crippen LogP contribution in [0.5, 0.6) is 0 Å². The summed E-state index contributed by atoms with van der Waals surface area (Å²) in [6.45, 7) is 2.18.